The van der Waals surface area contributed by atoms with Crippen LogP contribution in [0.2, 0.25) is 5.02 Å². The van der Waals surface area contributed by atoms with Crippen molar-refractivity contribution >= 4 is 34.5 Å². The number of anilines is 1. The van der Waals surface area contributed by atoms with Crippen LogP contribution >= 0.6 is 11.6 Å². The van der Waals surface area contributed by atoms with E-state index in [-0.39, 0.29) is 5.91 Å². The Bertz CT molecular complexity index is 1110. The Morgan fingerprint density at radius 1 is 0.975 bits per heavy atom. The summed E-state index contributed by atoms with van der Waals surface area (Å²) in [6.07, 6.45) is 5.82. The third-order valence-electron chi connectivity index (χ3n) is 6.84. The number of hydrogen-bond acceptors (Lipinski definition) is 4. The summed E-state index contributed by atoms with van der Waals surface area (Å²) in [4.78, 5) is 20.2. The number of nitrogens with one attached hydrogen (secondary N) is 2. The predicted molar refractivity (Wildman–Crippen MR) is 174 cm³/mol. The summed E-state index contributed by atoms with van der Waals surface area (Å²) in [6.45, 7) is 15.5. The third kappa shape index (κ3) is 12.3. The van der Waals surface area contributed by atoms with Gasteiger partial charge in [-0.15, -0.1) is 0 Å². The Labute approximate surface area is 248 Å². The zero-order valence-electron chi connectivity index (χ0n) is 26.5. The molecule has 0 saturated carbocycles. The Morgan fingerprint density at radius 3 is 2.12 bits per heavy atom. The molecule has 3 rings (SSSR count). The molecular formula is C33H54ClN5O. The number of aryl methyl sites for hydroxylation is 1. The number of rotatable bonds is 12. The number of halogens is 1. The SMILES string of the molecule is CCC(C)CCN(CCC(C)C)C(=O)c1ccc2nc(NCc3ccc(Cl)cc3)n(C)c2c1.CCCC.CNC. The summed E-state index contributed by atoms with van der Waals surface area (Å²) in [6, 6.07) is 13.6. The molecule has 0 saturated heterocycles. The monoisotopic (exact) mass is 571 g/mol. The van der Waals surface area contributed by atoms with E-state index in [1.807, 2.05) is 73.1 Å². The quantitative estimate of drug-likeness (QED) is 0.229. The molecule has 0 spiro atoms. The summed E-state index contributed by atoms with van der Waals surface area (Å²) in [5.41, 5.74) is 3.68. The standard InChI is InChI=1S/C27H37ClN4O.C4H10.C2H7N/c1-6-20(4)14-16-32(15-13-19(2)3)26(33)22-9-12-24-25(17-22)31(5)27(30-24)29-18-21-7-10-23(28)11-8-21;1-3-4-2;1-3-2/h7-12,17,19-20H,6,13-16,18H2,1-5H3,(H,29,30);3-4H2,1-2H3;3H,1-2H3. The molecule has 1 amide bonds. The highest BCUT2D eigenvalue weighted by atomic mass is 35.5. The maximum absolute atomic E-state index is 13.4. The van der Waals surface area contributed by atoms with Crippen LogP contribution in [0.25, 0.3) is 11.0 Å². The molecule has 0 aliphatic heterocycles. The van der Waals surface area contributed by atoms with E-state index in [1.165, 1.54) is 12.8 Å². The highest BCUT2D eigenvalue weighted by molar-refractivity contribution is 6.30. The van der Waals surface area contributed by atoms with E-state index >= 15 is 0 Å². The van der Waals surface area contributed by atoms with Gasteiger partial charge in [-0.05, 0) is 74.7 Å². The van der Waals surface area contributed by atoms with Gasteiger partial charge in [0.2, 0.25) is 5.95 Å². The van der Waals surface area contributed by atoms with Crippen molar-refractivity contribution in [3.05, 3.63) is 58.6 Å². The van der Waals surface area contributed by atoms with Gasteiger partial charge in [0.25, 0.3) is 5.91 Å². The van der Waals surface area contributed by atoms with E-state index in [2.05, 4.69) is 52.2 Å². The van der Waals surface area contributed by atoms with Crippen LogP contribution in [0.4, 0.5) is 5.95 Å². The normalized spacial score (nSPS) is 11.4. The second-order valence-electron chi connectivity index (χ2n) is 11.0. The molecule has 1 unspecified atom stereocenters. The van der Waals surface area contributed by atoms with Crippen LogP contribution in [-0.4, -0.2) is 47.5 Å². The van der Waals surface area contributed by atoms with Crippen LogP contribution in [0.5, 0.6) is 0 Å². The summed E-state index contributed by atoms with van der Waals surface area (Å²) in [5.74, 6) is 2.07. The van der Waals surface area contributed by atoms with Crippen molar-refractivity contribution in [2.45, 2.75) is 80.2 Å². The molecule has 0 radical (unpaired) electrons. The molecular weight excluding hydrogens is 518 g/mol. The van der Waals surface area contributed by atoms with E-state index in [9.17, 15) is 4.79 Å². The van der Waals surface area contributed by atoms with Gasteiger partial charge in [-0.25, -0.2) is 4.98 Å². The van der Waals surface area contributed by atoms with Crippen LogP contribution in [0.3, 0.4) is 0 Å². The fourth-order valence-electron chi connectivity index (χ4n) is 3.76. The Morgan fingerprint density at radius 2 is 1.57 bits per heavy atom. The zero-order valence-corrected chi connectivity index (χ0v) is 27.2. The van der Waals surface area contributed by atoms with Gasteiger partial charge in [0.1, 0.15) is 0 Å². The van der Waals surface area contributed by atoms with Gasteiger partial charge < -0.3 is 20.1 Å². The van der Waals surface area contributed by atoms with Crippen LogP contribution in [-0.2, 0) is 13.6 Å². The largest absolute Gasteiger partial charge is 0.352 e. The van der Waals surface area contributed by atoms with Gasteiger partial charge in [-0.1, -0.05) is 84.5 Å². The van der Waals surface area contributed by atoms with Crippen molar-refractivity contribution in [1.82, 2.24) is 19.8 Å². The number of nitrogens with zero attached hydrogens (tertiary/aromatic N) is 3. The van der Waals surface area contributed by atoms with E-state index in [1.54, 1.807) is 0 Å². The number of imidazole rings is 1. The molecule has 0 aliphatic rings. The van der Waals surface area contributed by atoms with Crippen LogP contribution in [0.15, 0.2) is 42.5 Å². The number of hydrogen-bond donors (Lipinski definition) is 2. The van der Waals surface area contributed by atoms with E-state index in [0.29, 0.717) is 18.4 Å². The zero-order chi connectivity index (χ0) is 30.1. The first-order valence-corrected chi connectivity index (χ1v) is 15.3. The van der Waals surface area contributed by atoms with E-state index < -0.39 is 0 Å². The lowest BCUT2D eigenvalue weighted by molar-refractivity contribution is 0.0739. The number of benzene rings is 2. The minimum absolute atomic E-state index is 0.109. The van der Waals surface area contributed by atoms with Gasteiger partial charge in [0.05, 0.1) is 11.0 Å². The molecule has 0 fully saturated rings. The second kappa shape index (κ2) is 19.5. The van der Waals surface area contributed by atoms with E-state index in [4.69, 9.17) is 16.6 Å². The lowest BCUT2D eigenvalue weighted by Gasteiger charge is -2.25. The van der Waals surface area contributed by atoms with Crippen molar-refractivity contribution < 1.29 is 4.79 Å². The molecule has 1 atom stereocenters. The predicted octanol–water partition coefficient (Wildman–Crippen LogP) is 8.41. The third-order valence-corrected chi connectivity index (χ3v) is 7.10. The van der Waals surface area contributed by atoms with Crippen molar-refractivity contribution in [3.63, 3.8) is 0 Å². The molecule has 1 heterocycles. The number of aromatic nitrogens is 2. The van der Waals surface area contributed by atoms with Crippen molar-refractivity contribution in [1.29, 1.82) is 0 Å². The number of carbonyl (C=O) groups excluding carboxylic acids is 1. The first-order chi connectivity index (χ1) is 19.1. The Balaban J connectivity index is 0.00000103. The van der Waals surface area contributed by atoms with Gasteiger partial charge in [0.15, 0.2) is 0 Å². The summed E-state index contributed by atoms with van der Waals surface area (Å²) in [5, 5.41) is 6.87. The topological polar surface area (TPSA) is 62.2 Å². The van der Waals surface area contributed by atoms with Crippen molar-refractivity contribution in [2.24, 2.45) is 18.9 Å². The maximum Gasteiger partial charge on any atom is 0.253 e. The molecule has 0 aliphatic carbocycles. The second-order valence-corrected chi connectivity index (χ2v) is 11.4. The average molecular weight is 572 g/mol. The molecule has 6 nitrogen and oxygen atoms in total. The summed E-state index contributed by atoms with van der Waals surface area (Å²) in [7, 11) is 5.73. The molecule has 7 heteroatoms. The van der Waals surface area contributed by atoms with E-state index in [0.717, 1.165) is 65.5 Å². The van der Waals surface area contributed by atoms with Gasteiger partial charge in [-0.3, -0.25) is 4.79 Å². The minimum atomic E-state index is 0.109. The average Bonchev–Trinajstić information content (AvgIpc) is 3.27. The fourth-order valence-corrected chi connectivity index (χ4v) is 3.88. The summed E-state index contributed by atoms with van der Waals surface area (Å²) >= 11 is 5.98. The van der Waals surface area contributed by atoms with Crippen LogP contribution in [0.1, 0.15) is 89.6 Å². The minimum Gasteiger partial charge on any atom is -0.352 e. The molecule has 224 valence electrons. The fraction of sp³-hybridized carbons (Fsp3) is 0.576. The number of carbonyl (C=O) groups is 1. The molecule has 40 heavy (non-hydrogen) atoms. The van der Waals surface area contributed by atoms with Gasteiger partial charge >= 0.3 is 0 Å². The molecule has 2 aromatic carbocycles. The Hall–Kier alpha value is -2.57. The lowest BCUT2D eigenvalue weighted by atomic mass is 10.0. The molecule has 1 aromatic heterocycles. The van der Waals surface area contributed by atoms with Gasteiger partial charge in [-0.2, -0.15) is 0 Å². The number of unbranched alkanes of at least 4 members (excludes halogenated alkanes) is 1. The molecule has 3 aromatic rings. The number of fused-ring (bicyclic) bond motifs is 1. The lowest BCUT2D eigenvalue weighted by Crippen LogP contribution is -2.34. The first-order valence-electron chi connectivity index (χ1n) is 14.9. The maximum atomic E-state index is 13.4. The van der Waals surface area contributed by atoms with Crippen molar-refractivity contribution in [3.8, 4) is 0 Å². The summed E-state index contributed by atoms with van der Waals surface area (Å²) < 4.78 is 2.01. The Kier molecular flexibility index (Phi) is 17.3. The highest BCUT2D eigenvalue weighted by Crippen LogP contribution is 2.22. The van der Waals surface area contributed by atoms with Crippen LogP contribution < -0.4 is 10.6 Å². The van der Waals surface area contributed by atoms with Crippen LogP contribution in [0, 0.1) is 11.8 Å². The smallest absolute Gasteiger partial charge is 0.253 e. The van der Waals surface area contributed by atoms with Crippen molar-refractivity contribution in [2.75, 3.05) is 32.5 Å². The van der Waals surface area contributed by atoms with Gasteiger partial charge in [0, 0.05) is 37.3 Å². The number of amides is 1. The highest BCUT2D eigenvalue weighted by Gasteiger charge is 2.19. The first kappa shape index (κ1) is 35.5. The molecule has 2 N–H and O–H groups in total. The molecule has 0 bridgehead atoms.